The summed E-state index contributed by atoms with van der Waals surface area (Å²) in [5, 5.41) is 0. The van der Waals surface area contributed by atoms with Gasteiger partial charge in [0.1, 0.15) is 0 Å². The molecular weight excluding hydrogens is 228 g/mol. The molecule has 17 heavy (non-hydrogen) atoms. The van der Waals surface area contributed by atoms with Crippen molar-refractivity contribution in [3.8, 4) is 0 Å². The Morgan fingerprint density at radius 2 is 1.88 bits per heavy atom. The standard InChI is InChI=1S/C14H24N2S/c1-4-12(5-2)13(16-15)10-17-14-9-7-6-8-11(14)3/h6-9,12-13,16H,4-5,10,15H2,1-3H3. The average Bonchev–Trinajstić information content (AvgIpc) is 2.36. The van der Waals surface area contributed by atoms with Crippen LogP contribution in [-0.4, -0.2) is 11.8 Å². The van der Waals surface area contributed by atoms with E-state index in [1.807, 2.05) is 11.8 Å². The SMILES string of the molecule is CCC(CC)C(CSc1ccccc1C)NN. The van der Waals surface area contributed by atoms with Crippen molar-refractivity contribution in [2.45, 2.75) is 44.6 Å². The monoisotopic (exact) mass is 252 g/mol. The molecule has 0 heterocycles. The predicted molar refractivity (Wildman–Crippen MR) is 77.1 cm³/mol. The molecule has 0 aliphatic heterocycles. The van der Waals surface area contributed by atoms with E-state index in [2.05, 4.69) is 50.5 Å². The number of hydrogen-bond acceptors (Lipinski definition) is 3. The van der Waals surface area contributed by atoms with Crippen molar-refractivity contribution in [3.05, 3.63) is 29.8 Å². The van der Waals surface area contributed by atoms with Gasteiger partial charge in [0.05, 0.1) is 0 Å². The molecule has 1 rings (SSSR count). The number of hydrogen-bond donors (Lipinski definition) is 2. The van der Waals surface area contributed by atoms with Gasteiger partial charge in [-0.3, -0.25) is 11.3 Å². The smallest absolute Gasteiger partial charge is 0.0332 e. The number of hydrazine groups is 1. The molecule has 0 saturated heterocycles. The van der Waals surface area contributed by atoms with E-state index in [-0.39, 0.29) is 0 Å². The van der Waals surface area contributed by atoms with Crippen LogP contribution in [0.3, 0.4) is 0 Å². The van der Waals surface area contributed by atoms with Gasteiger partial charge >= 0.3 is 0 Å². The second kappa shape index (κ2) is 7.75. The third-order valence-corrected chi connectivity index (χ3v) is 4.64. The summed E-state index contributed by atoms with van der Waals surface area (Å²) in [7, 11) is 0. The fourth-order valence-electron chi connectivity index (χ4n) is 2.08. The number of nitrogens with two attached hydrogens (primary N) is 1. The highest BCUT2D eigenvalue weighted by Gasteiger charge is 2.17. The van der Waals surface area contributed by atoms with E-state index in [1.165, 1.54) is 23.3 Å². The summed E-state index contributed by atoms with van der Waals surface area (Å²) >= 11 is 1.90. The summed E-state index contributed by atoms with van der Waals surface area (Å²) < 4.78 is 0. The van der Waals surface area contributed by atoms with Crippen LogP contribution < -0.4 is 11.3 Å². The fraction of sp³-hybridized carbons (Fsp3) is 0.571. The van der Waals surface area contributed by atoms with Crippen LogP contribution in [0.4, 0.5) is 0 Å². The largest absolute Gasteiger partial charge is 0.271 e. The van der Waals surface area contributed by atoms with E-state index < -0.39 is 0 Å². The quantitative estimate of drug-likeness (QED) is 0.444. The highest BCUT2D eigenvalue weighted by Crippen LogP contribution is 2.25. The number of thioether (sulfide) groups is 1. The Labute approximate surface area is 109 Å². The molecule has 0 aliphatic carbocycles. The first kappa shape index (κ1) is 14.6. The van der Waals surface area contributed by atoms with Crippen LogP contribution in [0.15, 0.2) is 29.2 Å². The van der Waals surface area contributed by atoms with Gasteiger partial charge in [-0.1, -0.05) is 44.9 Å². The first-order valence-electron chi connectivity index (χ1n) is 6.37. The molecule has 2 nitrogen and oxygen atoms in total. The molecule has 0 bridgehead atoms. The van der Waals surface area contributed by atoms with Gasteiger partial charge in [-0.05, 0) is 24.5 Å². The highest BCUT2D eigenvalue weighted by molar-refractivity contribution is 7.99. The molecule has 1 atom stereocenters. The van der Waals surface area contributed by atoms with Gasteiger partial charge in [-0.2, -0.15) is 0 Å². The van der Waals surface area contributed by atoms with Crippen molar-refractivity contribution in [2.24, 2.45) is 11.8 Å². The minimum Gasteiger partial charge on any atom is -0.271 e. The van der Waals surface area contributed by atoms with Crippen LogP contribution in [0.25, 0.3) is 0 Å². The van der Waals surface area contributed by atoms with Crippen LogP contribution in [0.5, 0.6) is 0 Å². The van der Waals surface area contributed by atoms with Crippen molar-refractivity contribution < 1.29 is 0 Å². The van der Waals surface area contributed by atoms with E-state index in [4.69, 9.17) is 5.84 Å². The number of benzene rings is 1. The third kappa shape index (κ3) is 4.34. The predicted octanol–water partition coefficient (Wildman–Crippen LogP) is 3.36. The Morgan fingerprint density at radius 3 is 2.41 bits per heavy atom. The van der Waals surface area contributed by atoms with Crippen LogP contribution in [0.1, 0.15) is 32.3 Å². The molecular formula is C14H24N2S. The van der Waals surface area contributed by atoms with Crippen molar-refractivity contribution >= 4 is 11.8 Å². The Bertz CT molecular complexity index is 324. The van der Waals surface area contributed by atoms with Gasteiger partial charge < -0.3 is 0 Å². The Balaban J connectivity index is 2.56. The molecule has 0 spiro atoms. The molecule has 96 valence electrons. The molecule has 0 fully saturated rings. The summed E-state index contributed by atoms with van der Waals surface area (Å²) in [5.41, 5.74) is 4.32. The molecule has 1 unspecified atom stereocenters. The topological polar surface area (TPSA) is 38.0 Å². The zero-order valence-corrected chi connectivity index (χ0v) is 11.9. The molecule has 0 aromatic heterocycles. The maximum Gasteiger partial charge on any atom is 0.0332 e. The summed E-state index contributed by atoms with van der Waals surface area (Å²) in [6, 6.07) is 8.91. The summed E-state index contributed by atoms with van der Waals surface area (Å²) in [6.45, 7) is 6.62. The van der Waals surface area contributed by atoms with Crippen LogP contribution in [0, 0.1) is 12.8 Å². The molecule has 1 aromatic carbocycles. The molecule has 0 aliphatic rings. The van der Waals surface area contributed by atoms with E-state index in [9.17, 15) is 0 Å². The Kier molecular flexibility index (Phi) is 6.63. The van der Waals surface area contributed by atoms with E-state index in [0.717, 1.165) is 5.75 Å². The lowest BCUT2D eigenvalue weighted by atomic mass is 9.96. The van der Waals surface area contributed by atoms with Crippen LogP contribution in [0.2, 0.25) is 0 Å². The fourth-order valence-corrected chi connectivity index (χ4v) is 3.27. The molecule has 3 heteroatoms. The molecule has 0 radical (unpaired) electrons. The zero-order valence-electron chi connectivity index (χ0n) is 11.1. The van der Waals surface area contributed by atoms with Gasteiger partial charge in [-0.15, -0.1) is 11.8 Å². The lowest BCUT2D eigenvalue weighted by Crippen LogP contribution is -2.42. The van der Waals surface area contributed by atoms with Gasteiger partial charge in [0.25, 0.3) is 0 Å². The van der Waals surface area contributed by atoms with Crippen molar-refractivity contribution in [3.63, 3.8) is 0 Å². The average molecular weight is 252 g/mol. The first-order chi connectivity index (χ1) is 8.22. The van der Waals surface area contributed by atoms with Crippen molar-refractivity contribution in [1.29, 1.82) is 0 Å². The molecule has 0 saturated carbocycles. The van der Waals surface area contributed by atoms with Gasteiger partial charge in [0.2, 0.25) is 0 Å². The maximum atomic E-state index is 5.66. The third-order valence-electron chi connectivity index (χ3n) is 3.34. The minimum atomic E-state index is 0.398. The number of nitrogens with one attached hydrogen (secondary N) is 1. The Morgan fingerprint density at radius 1 is 1.24 bits per heavy atom. The number of rotatable bonds is 7. The zero-order chi connectivity index (χ0) is 12.7. The summed E-state index contributed by atoms with van der Waals surface area (Å²) in [6.07, 6.45) is 2.36. The minimum absolute atomic E-state index is 0.398. The van der Waals surface area contributed by atoms with E-state index in [0.29, 0.717) is 12.0 Å². The summed E-state index contributed by atoms with van der Waals surface area (Å²) in [5.74, 6) is 7.36. The van der Waals surface area contributed by atoms with Gasteiger partial charge in [-0.25, -0.2) is 0 Å². The van der Waals surface area contributed by atoms with Crippen LogP contribution >= 0.6 is 11.8 Å². The van der Waals surface area contributed by atoms with Crippen molar-refractivity contribution in [1.82, 2.24) is 5.43 Å². The molecule has 0 amide bonds. The van der Waals surface area contributed by atoms with Gasteiger partial charge in [0, 0.05) is 16.7 Å². The first-order valence-corrected chi connectivity index (χ1v) is 7.36. The van der Waals surface area contributed by atoms with Gasteiger partial charge in [0.15, 0.2) is 0 Å². The number of aryl methyl sites for hydroxylation is 1. The van der Waals surface area contributed by atoms with Crippen LogP contribution in [-0.2, 0) is 0 Å². The van der Waals surface area contributed by atoms with E-state index in [1.54, 1.807) is 0 Å². The summed E-state index contributed by atoms with van der Waals surface area (Å²) in [4.78, 5) is 1.36. The maximum absolute atomic E-state index is 5.66. The highest BCUT2D eigenvalue weighted by atomic mass is 32.2. The van der Waals surface area contributed by atoms with E-state index >= 15 is 0 Å². The second-order valence-electron chi connectivity index (χ2n) is 4.43. The Hall–Kier alpha value is -0.510. The lowest BCUT2D eigenvalue weighted by Gasteiger charge is -2.24. The molecule has 3 N–H and O–H groups in total. The normalized spacial score (nSPS) is 13.0. The second-order valence-corrected chi connectivity index (χ2v) is 5.49. The lowest BCUT2D eigenvalue weighted by molar-refractivity contribution is 0.364. The van der Waals surface area contributed by atoms with Crippen molar-refractivity contribution in [2.75, 3.05) is 5.75 Å². The molecule has 1 aromatic rings.